The van der Waals surface area contributed by atoms with Crippen molar-refractivity contribution in [3.8, 4) is 0 Å². The molecule has 2 amide bonds. The van der Waals surface area contributed by atoms with Gasteiger partial charge in [0.15, 0.2) is 5.13 Å². The van der Waals surface area contributed by atoms with E-state index in [1.165, 1.54) is 11.3 Å². The Morgan fingerprint density at radius 3 is 2.72 bits per heavy atom. The van der Waals surface area contributed by atoms with Crippen LogP contribution >= 0.6 is 11.3 Å². The molecule has 4 N–H and O–H groups in total. The molecule has 2 aromatic rings. The Balaban J connectivity index is 1.43. The molecule has 0 spiro atoms. The second-order valence-electron chi connectivity index (χ2n) is 11.3. The minimum absolute atomic E-state index is 0.0157. The standard InChI is InChI=1S/C27H36N4O4S/c1-26-9-8-21(33)27(2,15-32)20(26)12-19-23(30-25(36-19)31-24(35)17-6-3-7-17)18(26)11-22(34)29-14-16-5-4-10-28-13-16/h4-5,10,13,17-18,20-21,32-33H,3,6-9,11-12,14-15H2,1-2H3,(H,29,34)(H,30,31,35)/t18-,20+,21-,26+,27+/m1/s1. The van der Waals surface area contributed by atoms with E-state index in [-0.39, 0.29) is 48.0 Å². The van der Waals surface area contributed by atoms with Gasteiger partial charge in [0, 0.05) is 47.5 Å². The number of aliphatic hydroxyl groups is 2. The maximum absolute atomic E-state index is 13.2. The van der Waals surface area contributed by atoms with E-state index in [1.807, 2.05) is 19.1 Å². The zero-order chi connectivity index (χ0) is 25.5. The number of nitrogens with one attached hydrogen (secondary N) is 2. The predicted molar refractivity (Wildman–Crippen MR) is 137 cm³/mol. The highest BCUT2D eigenvalue weighted by molar-refractivity contribution is 7.15. The third kappa shape index (κ3) is 4.46. The predicted octanol–water partition coefficient (Wildman–Crippen LogP) is 3.40. The maximum Gasteiger partial charge on any atom is 0.229 e. The Labute approximate surface area is 215 Å². The van der Waals surface area contributed by atoms with E-state index in [9.17, 15) is 19.8 Å². The quantitative estimate of drug-likeness (QED) is 0.451. The zero-order valence-electron chi connectivity index (χ0n) is 21.0. The number of amides is 2. The molecule has 36 heavy (non-hydrogen) atoms. The Hall–Kier alpha value is -2.36. The van der Waals surface area contributed by atoms with Crippen LogP contribution in [0.5, 0.6) is 0 Å². The largest absolute Gasteiger partial charge is 0.396 e. The van der Waals surface area contributed by atoms with Gasteiger partial charge in [0.25, 0.3) is 0 Å². The summed E-state index contributed by atoms with van der Waals surface area (Å²) >= 11 is 1.48. The molecule has 0 unspecified atom stereocenters. The zero-order valence-corrected chi connectivity index (χ0v) is 21.8. The monoisotopic (exact) mass is 512 g/mol. The number of thiazole rings is 1. The van der Waals surface area contributed by atoms with E-state index < -0.39 is 11.5 Å². The fourth-order valence-corrected chi connectivity index (χ4v) is 7.61. The van der Waals surface area contributed by atoms with Gasteiger partial charge in [-0.3, -0.25) is 14.6 Å². The summed E-state index contributed by atoms with van der Waals surface area (Å²) in [4.78, 5) is 35.9. The molecule has 2 saturated carbocycles. The number of pyridine rings is 1. The molecule has 0 radical (unpaired) electrons. The smallest absolute Gasteiger partial charge is 0.229 e. The van der Waals surface area contributed by atoms with Crippen molar-refractivity contribution in [3.05, 3.63) is 40.7 Å². The van der Waals surface area contributed by atoms with Crippen molar-refractivity contribution < 1.29 is 19.8 Å². The number of nitrogens with zero attached hydrogens (tertiary/aromatic N) is 2. The summed E-state index contributed by atoms with van der Waals surface area (Å²) in [7, 11) is 0. The Bertz CT molecular complexity index is 1120. The number of aromatic nitrogens is 2. The van der Waals surface area contributed by atoms with Crippen LogP contribution in [-0.2, 0) is 22.6 Å². The molecular formula is C27H36N4O4S. The molecule has 3 aliphatic carbocycles. The molecule has 5 atom stereocenters. The van der Waals surface area contributed by atoms with Crippen molar-refractivity contribution in [1.82, 2.24) is 15.3 Å². The summed E-state index contributed by atoms with van der Waals surface area (Å²) in [5.41, 5.74) is 0.825. The molecule has 5 rings (SSSR count). The number of aliphatic hydroxyl groups excluding tert-OH is 2. The molecule has 9 heteroatoms. The van der Waals surface area contributed by atoms with Crippen LogP contribution in [0.3, 0.4) is 0 Å². The molecule has 3 aliphatic rings. The Kier molecular flexibility index (Phi) is 6.91. The first kappa shape index (κ1) is 25.3. The van der Waals surface area contributed by atoms with Crippen LogP contribution in [-0.4, -0.2) is 44.7 Å². The van der Waals surface area contributed by atoms with Crippen molar-refractivity contribution in [2.75, 3.05) is 11.9 Å². The van der Waals surface area contributed by atoms with Gasteiger partial charge in [-0.05, 0) is 55.1 Å². The van der Waals surface area contributed by atoms with E-state index in [0.717, 1.165) is 41.8 Å². The number of hydrogen-bond donors (Lipinski definition) is 4. The number of hydrogen-bond acceptors (Lipinski definition) is 7. The average molecular weight is 513 g/mol. The second-order valence-corrected chi connectivity index (χ2v) is 12.4. The summed E-state index contributed by atoms with van der Waals surface area (Å²) in [6, 6.07) is 3.77. The average Bonchev–Trinajstić information content (AvgIpc) is 3.23. The highest BCUT2D eigenvalue weighted by Crippen LogP contribution is 2.62. The SMILES string of the molecule is C[C@]1(CO)[C@H]2Cc3sc(NC(=O)C4CCC4)nc3[C@@H](CC(=O)NCc3cccnc3)[C@]2(C)CC[C@H]1O. The number of rotatable bonds is 7. The number of carbonyl (C=O) groups excluding carboxylic acids is 2. The van der Waals surface area contributed by atoms with Crippen LogP contribution in [0, 0.1) is 22.7 Å². The van der Waals surface area contributed by atoms with Crippen LogP contribution in [0.25, 0.3) is 0 Å². The van der Waals surface area contributed by atoms with E-state index in [0.29, 0.717) is 24.5 Å². The molecule has 8 nitrogen and oxygen atoms in total. The summed E-state index contributed by atoms with van der Waals surface area (Å²) in [6.45, 7) is 4.43. The Morgan fingerprint density at radius 2 is 2.06 bits per heavy atom. The van der Waals surface area contributed by atoms with Crippen LogP contribution in [0.15, 0.2) is 24.5 Å². The molecule has 0 aromatic carbocycles. The van der Waals surface area contributed by atoms with Gasteiger partial charge in [0.2, 0.25) is 11.8 Å². The maximum atomic E-state index is 13.2. The van der Waals surface area contributed by atoms with Crippen molar-refractivity contribution >= 4 is 28.3 Å². The van der Waals surface area contributed by atoms with Crippen molar-refractivity contribution in [2.45, 2.75) is 77.4 Å². The number of fused-ring (bicyclic) bond motifs is 2. The normalized spacial score (nSPS) is 31.6. The van der Waals surface area contributed by atoms with Crippen molar-refractivity contribution in [1.29, 1.82) is 0 Å². The third-order valence-electron chi connectivity index (χ3n) is 9.20. The summed E-state index contributed by atoms with van der Waals surface area (Å²) in [5.74, 6) is -0.172. The highest BCUT2D eigenvalue weighted by atomic mass is 32.1. The fourth-order valence-electron chi connectivity index (χ4n) is 6.54. The molecule has 0 aliphatic heterocycles. The molecular weight excluding hydrogens is 476 g/mol. The summed E-state index contributed by atoms with van der Waals surface area (Å²) in [6.07, 6.45) is 8.02. The lowest BCUT2D eigenvalue weighted by molar-refractivity contribution is -0.144. The van der Waals surface area contributed by atoms with E-state index in [4.69, 9.17) is 4.98 Å². The van der Waals surface area contributed by atoms with Gasteiger partial charge >= 0.3 is 0 Å². The molecule has 2 heterocycles. The van der Waals surface area contributed by atoms with Crippen LogP contribution in [0.4, 0.5) is 5.13 Å². The van der Waals surface area contributed by atoms with Gasteiger partial charge in [0.05, 0.1) is 18.4 Å². The molecule has 2 aromatic heterocycles. The first-order valence-corrected chi connectivity index (χ1v) is 13.8. The van der Waals surface area contributed by atoms with Gasteiger partial charge in [0.1, 0.15) is 0 Å². The summed E-state index contributed by atoms with van der Waals surface area (Å²) in [5, 5.41) is 28.0. The van der Waals surface area contributed by atoms with Crippen LogP contribution in [0.2, 0.25) is 0 Å². The molecule has 194 valence electrons. The lowest BCUT2D eigenvalue weighted by Gasteiger charge is -2.58. The first-order valence-electron chi connectivity index (χ1n) is 13.0. The molecule has 2 fully saturated rings. The van der Waals surface area contributed by atoms with Crippen LogP contribution in [0.1, 0.15) is 74.4 Å². The fraction of sp³-hybridized carbons (Fsp3) is 0.630. The van der Waals surface area contributed by atoms with Gasteiger partial charge < -0.3 is 20.8 Å². The van der Waals surface area contributed by atoms with E-state index >= 15 is 0 Å². The lowest BCUT2D eigenvalue weighted by atomic mass is 9.47. The van der Waals surface area contributed by atoms with Gasteiger partial charge in [-0.1, -0.05) is 26.3 Å². The molecule has 0 bridgehead atoms. The second kappa shape index (κ2) is 9.84. The topological polar surface area (TPSA) is 124 Å². The van der Waals surface area contributed by atoms with E-state index in [2.05, 4.69) is 22.5 Å². The number of anilines is 1. The minimum Gasteiger partial charge on any atom is -0.396 e. The third-order valence-corrected chi connectivity index (χ3v) is 10.2. The van der Waals surface area contributed by atoms with Crippen molar-refractivity contribution in [3.63, 3.8) is 0 Å². The van der Waals surface area contributed by atoms with E-state index in [1.54, 1.807) is 12.4 Å². The molecule has 0 saturated heterocycles. The minimum atomic E-state index is -0.672. The van der Waals surface area contributed by atoms with Gasteiger partial charge in [-0.2, -0.15) is 0 Å². The lowest BCUT2D eigenvalue weighted by Crippen LogP contribution is -2.57. The van der Waals surface area contributed by atoms with Gasteiger partial charge in [-0.15, -0.1) is 11.3 Å². The number of carbonyl (C=O) groups is 2. The van der Waals surface area contributed by atoms with Crippen LogP contribution < -0.4 is 10.6 Å². The Morgan fingerprint density at radius 1 is 1.25 bits per heavy atom. The first-order chi connectivity index (χ1) is 17.2. The summed E-state index contributed by atoms with van der Waals surface area (Å²) < 4.78 is 0. The van der Waals surface area contributed by atoms with Gasteiger partial charge in [-0.25, -0.2) is 4.98 Å². The highest BCUT2D eigenvalue weighted by Gasteiger charge is 2.59. The van der Waals surface area contributed by atoms with Crippen molar-refractivity contribution in [2.24, 2.45) is 22.7 Å².